The van der Waals surface area contributed by atoms with Gasteiger partial charge in [-0.25, -0.2) is 8.78 Å². The van der Waals surface area contributed by atoms with Crippen molar-refractivity contribution in [3.63, 3.8) is 0 Å². The smallest absolute Gasteiger partial charge is 0.282 e. The van der Waals surface area contributed by atoms with Crippen LogP contribution in [0.3, 0.4) is 0 Å². The van der Waals surface area contributed by atoms with Crippen LogP contribution in [0.5, 0.6) is 0 Å². The largest absolute Gasteiger partial charge is 0.367 e. The molecular weight excluding hydrogens is 284 g/mol. The molecule has 0 saturated carbocycles. The summed E-state index contributed by atoms with van der Waals surface area (Å²) in [6.45, 7) is 3.83. The molecule has 0 amide bonds. The molecule has 21 heavy (non-hydrogen) atoms. The van der Waals surface area contributed by atoms with Crippen molar-refractivity contribution in [1.29, 1.82) is 0 Å². The minimum absolute atomic E-state index is 0.0118. The Labute approximate surface area is 118 Å². The van der Waals surface area contributed by atoms with Gasteiger partial charge in [-0.3, -0.25) is 10.1 Å². The molecule has 0 unspecified atom stereocenters. The molecule has 2 N–H and O–H groups in total. The van der Waals surface area contributed by atoms with Crippen molar-refractivity contribution in [2.45, 2.75) is 20.3 Å². The predicted octanol–water partition coefficient (Wildman–Crippen LogP) is 3.31. The van der Waals surface area contributed by atoms with E-state index >= 15 is 0 Å². The summed E-state index contributed by atoms with van der Waals surface area (Å²) in [6.07, 6.45) is 0.445. The van der Waals surface area contributed by atoms with Crippen molar-refractivity contribution in [1.82, 2.24) is 5.16 Å². The molecule has 6 nitrogen and oxygen atoms in total. The third-order valence-corrected chi connectivity index (χ3v) is 2.92. The Morgan fingerprint density at radius 3 is 2.57 bits per heavy atom. The van der Waals surface area contributed by atoms with E-state index in [2.05, 4.69) is 5.16 Å². The van der Waals surface area contributed by atoms with Crippen LogP contribution < -0.4 is 5.73 Å². The number of nitro benzene ring substituents is 1. The van der Waals surface area contributed by atoms with Crippen LogP contribution in [0, 0.1) is 27.7 Å². The molecule has 0 aliphatic heterocycles. The van der Waals surface area contributed by atoms with E-state index in [1.807, 2.05) is 13.8 Å². The van der Waals surface area contributed by atoms with Gasteiger partial charge in [0.05, 0.1) is 16.6 Å². The molecule has 112 valence electrons. The Kier molecular flexibility index (Phi) is 3.88. The lowest BCUT2D eigenvalue weighted by atomic mass is 9.98. The van der Waals surface area contributed by atoms with Crippen molar-refractivity contribution >= 4 is 11.6 Å². The second kappa shape index (κ2) is 5.47. The lowest BCUT2D eigenvalue weighted by Crippen LogP contribution is -2.01. The van der Waals surface area contributed by atoms with E-state index in [1.165, 1.54) is 0 Å². The highest BCUT2D eigenvalue weighted by Crippen LogP contribution is 2.36. The molecule has 2 aromatic rings. The van der Waals surface area contributed by atoms with Gasteiger partial charge in [0.2, 0.25) is 5.88 Å². The van der Waals surface area contributed by atoms with Crippen LogP contribution >= 0.6 is 0 Å². The molecule has 0 aliphatic carbocycles. The van der Waals surface area contributed by atoms with Crippen LogP contribution in [-0.4, -0.2) is 10.1 Å². The van der Waals surface area contributed by atoms with E-state index in [0.717, 1.165) is 6.07 Å². The summed E-state index contributed by atoms with van der Waals surface area (Å²) in [4.78, 5) is 10.2. The molecule has 2 rings (SSSR count). The maximum atomic E-state index is 13.4. The molecule has 0 radical (unpaired) electrons. The zero-order valence-electron chi connectivity index (χ0n) is 11.4. The van der Waals surface area contributed by atoms with Gasteiger partial charge in [0, 0.05) is 5.56 Å². The third kappa shape index (κ3) is 2.83. The molecular formula is C13H13F2N3O3. The number of halogens is 2. The SMILES string of the molecule is CC(C)Cc1c(-c2cc(F)c(F)cc2[N+](=O)[O-])noc1N. The fourth-order valence-electron chi connectivity index (χ4n) is 2.02. The number of rotatable bonds is 4. The van der Waals surface area contributed by atoms with Crippen molar-refractivity contribution < 1.29 is 18.2 Å². The van der Waals surface area contributed by atoms with Crippen LogP contribution in [0.15, 0.2) is 16.7 Å². The van der Waals surface area contributed by atoms with Crippen molar-refractivity contribution in [3.8, 4) is 11.3 Å². The lowest BCUT2D eigenvalue weighted by molar-refractivity contribution is -0.384. The van der Waals surface area contributed by atoms with E-state index in [4.69, 9.17) is 10.3 Å². The number of nitrogen functional groups attached to an aromatic ring is 1. The summed E-state index contributed by atoms with van der Waals surface area (Å²) in [5.74, 6) is -2.31. The van der Waals surface area contributed by atoms with Gasteiger partial charge >= 0.3 is 0 Å². The fourth-order valence-corrected chi connectivity index (χ4v) is 2.02. The first-order valence-corrected chi connectivity index (χ1v) is 6.19. The first kappa shape index (κ1) is 14.9. The van der Waals surface area contributed by atoms with E-state index in [0.29, 0.717) is 18.1 Å². The van der Waals surface area contributed by atoms with Crippen LogP contribution in [-0.2, 0) is 6.42 Å². The molecule has 0 saturated heterocycles. The summed E-state index contributed by atoms with van der Waals surface area (Å²) in [7, 11) is 0. The zero-order valence-corrected chi connectivity index (χ0v) is 11.4. The summed E-state index contributed by atoms with van der Waals surface area (Å²) < 4.78 is 31.5. The monoisotopic (exact) mass is 297 g/mol. The maximum Gasteiger partial charge on any atom is 0.282 e. The molecule has 0 bridgehead atoms. The molecule has 0 aliphatic rings. The number of aromatic nitrogens is 1. The maximum absolute atomic E-state index is 13.4. The number of nitro groups is 1. The Balaban J connectivity index is 2.67. The lowest BCUT2D eigenvalue weighted by Gasteiger charge is -2.06. The molecule has 0 spiro atoms. The minimum atomic E-state index is -1.30. The molecule has 0 fully saturated rings. The molecule has 8 heteroatoms. The van der Waals surface area contributed by atoms with Gasteiger partial charge in [0.1, 0.15) is 5.69 Å². The summed E-state index contributed by atoms with van der Waals surface area (Å²) in [5, 5.41) is 14.7. The Bertz CT molecular complexity index is 698. The number of hydrogen-bond acceptors (Lipinski definition) is 5. The van der Waals surface area contributed by atoms with Crippen molar-refractivity contribution in [2.24, 2.45) is 5.92 Å². The minimum Gasteiger partial charge on any atom is -0.367 e. The van der Waals surface area contributed by atoms with E-state index in [1.54, 1.807) is 0 Å². The number of hydrogen-bond donors (Lipinski definition) is 1. The average Bonchev–Trinajstić information content (AvgIpc) is 2.73. The van der Waals surface area contributed by atoms with Gasteiger partial charge in [0.25, 0.3) is 5.69 Å². The van der Waals surface area contributed by atoms with Crippen molar-refractivity contribution in [3.05, 3.63) is 39.4 Å². The highest BCUT2D eigenvalue weighted by molar-refractivity contribution is 5.75. The topological polar surface area (TPSA) is 95.2 Å². The molecule has 1 aromatic carbocycles. The quantitative estimate of drug-likeness (QED) is 0.690. The van der Waals surface area contributed by atoms with E-state index in [9.17, 15) is 18.9 Å². The van der Waals surface area contributed by atoms with Gasteiger partial charge in [-0.1, -0.05) is 19.0 Å². The molecule has 0 atom stereocenters. The normalized spacial score (nSPS) is 11.1. The standard InChI is InChI=1S/C13H13F2N3O3/c1-6(2)3-8-12(17-21-13(8)16)7-4-9(14)10(15)5-11(7)18(19)20/h4-6H,3,16H2,1-2H3. The third-order valence-electron chi connectivity index (χ3n) is 2.92. The predicted molar refractivity (Wildman–Crippen MR) is 71.5 cm³/mol. The van der Waals surface area contributed by atoms with E-state index < -0.39 is 22.2 Å². The Morgan fingerprint density at radius 1 is 1.38 bits per heavy atom. The zero-order chi connectivity index (χ0) is 15.7. The first-order valence-electron chi connectivity index (χ1n) is 6.19. The van der Waals surface area contributed by atoms with Gasteiger partial charge in [0.15, 0.2) is 11.6 Å². The van der Waals surface area contributed by atoms with Crippen LogP contribution in [0.25, 0.3) is 11.3 Å². The fraction of sp³-hybridized carbons (Fsp3) is 0.308. The van der Waals surface area contributed by atoms with Crippen molar-refractivity contribution in [2.75, 3.05) is 5.73 Å². The highest BCUT2D eigenvalue weighted by atomic mass is 19.2. The first-order chi connectivity index (χ1) is 9.81. The number of benzene rings is 1. The average molecular weight is 297 g/mol. The molecule has 1 heterocycles. The second-order valence-corrected chi connectivity index (χ2v) is 5.01. The summed E-state index contributed by atoms with van der Waals surface area (Å²) >= 11 is 0. The highest BCUT2D eigenvalue weighted by Gasteiger charge is 2.26. The van der Waals surface area contributed by atoms with Gasteiger partial charge < -0.3 is 10.3 Å². The van der Waals surface area contributed by atoms with Crippen LogP contribution in [0.1, 0.15) is 19.4 Å². The summed E-state index contributed by atoms with van der Waals surface area (Å²) in [6, 6.07) is 1.25. The summed E-state index contributed by atoms with van der Waals surface area (Å²) in [5.41, 5.74) is 5.41. The molecule has 1 aromatic heterocycles. The van der Waals surface area contributed by atoms with Crippen LogP contribution in [0.4, 0.5) is 20.4 Å². The Hall–Kier alpha value is -2.51. The number of nitrogens with zero attached hydrogens (tertiary/aromatic N) is 2. The van der Waals surface area contributed by atoms with Gasteiger partial charge in [-0.15, -0.1) is 0 Å². The number of anilines is 1. The number of nitrogens with two attached hydrogens (primary N) is 1. The van der Waals surface area contributed by atoms with Gasteiger partial charge in [-0.2, -0.15) is 0 Å². The van der Waals surface area contributed by atoms with Crippen LogP contribution in [0.2, 0.25) is 0 Å². The van der Waals surface area contributed by atoms with Gasteiger partial charge in [-0.05, 0) is 18.4 Å². The second-order valence-electron chi connectivity index (χ2n) is 5.01. The van der Waals surface area contributed by atoms with E-state index in [-0.39, 0.29) is 23.1 Å². The Morgan fingerprint density at radius 2 is 2.00 bits per heavy atom.